The lowest BCUT2D eigenvalue weighted by molar-refractivity contribution is 0.104. The van der Waals surface area contributed by atoms with Gasteiger partial charge >= 0.3 is 6.09 Å². The Morgan fingerprint density at radius 1 is 1.64 bits per heavy atom. The molecule has 0 saturated carbocycles. The molecule has 0 aliphatic carbocycles. The van der Waals surface area contributed by atoms with Crippen LogP contribution in [0.2, 0.25) is 0 Å². The zero-order valence-corrected chi connectivity index (χ0v) is 8.91. The molecule has 4 nitrogen and oxygen atoms in total. The van der Waals surface area contributed by atoms with Crippen molar-refractivity contribution in [2.24, 2.45) is 0 Å². The SMILES string of the molecule is C=COCCCNC(=O)OC(C)CC. The minimum atomic E-state index is -0.363. The average molecular weight is 201 g/mol. The van der Waals surface area contributed by atoms with Crippen molar-refractivity contribution >= 4 is 6.09 Å². The first-order valence-corrected chi connectivity index (χ1v) is 4.87. The molecular weight excluding hydrogens is 182 g/mol. The molecule has 1 amide bonds. The molecule has 0 fully saturated rings. The zero-order chi connectivity index (χ0) is 10.8. The standard InChI is InChI=1S/C10H19NO3/c1-4-9(3)14-10(12)11-7-6-8-13-5-2/h5,9H,2,4,6-8H2,1,3H3,(H,11,12). The molecule has 0 aromatic carbocycles. The summed E-state index contributed by atoms with van der Waals surface area (Å²) in [6, 6.07) is 0. The van der Waals surface area contributed by atoms with Gasteiger partial charge in [0.1, 0.15) is 6.10 Å². The molecule has 0 rings (SSSR count). The summed E-state index contributed by atoms with van der Waals surface area (Å²) in [6.45, 7) is 8.36. The Bertz CT molecular complexity index is 171. The van der Waals surface area contributed by atoms with Gasteiger partial charge < -0.3 is 14.8 Å². The van der Waals surface area contributed by atoms with Crippen LogP contribution in [0.15, 0.2) is 12.8 Å². The highest BCUT2D eigenvalue weighted by molar-refractivity contribution is 5.67. The fourth-order valence-electron chi connectivity index (χ4n) is 0.737. The molecule has 4 heteroatoms. The number of carbonyl (C=O) groups is 1. The lowest BCUT2D eigenvalue weighted by Crippen LogP contribution is -2.28. The average Bonchev–Trinajstić information content (AvgIpc) is 2.17. The van der Waals surface area contributed by atoms with Crippen LogP contribution in [0.5, 0.6) is 0 Å². The molecule has 0 bridgehead atoms. The van der Waals surface area contributed by atoms with E-state index in [0.717, 1.165) is 12.8 Å². The molecular formula is C10H19NO3. The van der Waals surface area contributed by atoms with Crippen molar-refractivity contribution < 1.29 is 14.3 Å². The van der Waals surface area contributed by atoms with Crippen LogP contribution < -0.4 is 5.32 Å². The lowest BCUT2D eigenvalue weighted by Gasteiger charge is -2.11. The smallest absolute Gasteiger partial charge is 0.407 e. The largest absolute Gasteiger partial charge is 0.502 e. The van der Waals surface area contributed by atoms with Crippen molar-refractivity contribution in [2.45, 2.75) is 32.8 Å². The van der Waals surface area contributed by atoms with Crippen LogP contribution in [-0.2, 0) is 9.47 Å². The van der Waals surface area contributed by atoms with Crippen LogP contribution in [0.1, 0.15) is 26.7 Å². The summed E-state index contributed by atoms with van der Waals surface area (Å²) < 4.78 is 9.88. The summed E-state index contributed by atoms with van der Waals surface area (Å²) in [5, 5.41) is 2.63. The van der Waals surface area contributed by atoms with Crippen molar-refractivity contribution in [1.29, 1.82) is 0 Å². The zero-order valence-electron chi connectivity index (χ0n) is 8.91. The maximum absolute atomic E-state index is 11.1. The van der Waals surface area contributed by atoms with Crippen molar-refractivity contribution in [3.63, 3.8) is 0 Å². The van der Waals surface area contributed by atoms with E-state index < -0.39 is 0 Å². The van der Waals surface area contributed by atoms with Gasteiger partial charge in [-0.3, -0.25) is 0 Å². The summed E-state index contributed by atoms with van der Waals surface area (Å²) >= 11 is 0. The second-order valence-corrected chi connectivity index (χ2v) is 2.94. The highest BCUT2D eigenvalue weighted by atomic mass is 16.6. The van der Waals surface area contributed by atoms with Crippen LogP contribution in [0.4, 0.5) is 4.79 Å². The van der Waals surface area contributed by atoms with Gasteiger partial charge in [0.05, 0.1) is 12.9 Å². The Morgan fingerprint density at radius 2 is 2.36 bits per heavy atom. The van der Waals surface area contributed by atoms with Crippen molar-refractivity contribution in [3.8, 4) is 0 Å². The maximum atomic E-state index is 11.1. The molecule has 0 radical (unpaired) electrons. The number of alkyl carbamates (subject to hydrolysis) is 1. The van der Waals surface area contributed by atoms with E-state index in [0.29, 0.717) is 13.2 Å². The normalized spacial score (nSPS) is 11.6. The van der Waals surface area contributed by atoms with Gasteiger partial charge in [-0.2, -0.15) is 0 Å². The summed E-state index contributed by atoms with van der Waals surface area (Å²) in [7, 11) is 0. The predicted molar refractivity (Wildman–Crippen MR) is 55.0 cm³/mol. The molecule has 1 N–H and O–H groups in total. The van der Waals surface area contributed by atoms with E-state index in [1.54, 1.807) is 0 Å². The Labute approximate surface area is 85.3 Å². The highest BCUT2D eigenvalue weighted by Crippen LogP contribution is 1.95. The third-order valence-electron chi connectivity index (χ3n) is 1.71. The second kappa shape index (κ2) is 8.41. The van der Waals surface area contributed by atoms with Crippen LogP contribution in [0.25, 0.3) is 0 Å². The predicted octanol–water partition coefficient (Wildman–Crippen LogP) is 2.06. The fourth-order valence-corrected chi connectivity index (χ4v) is 0.737. The van der Waals surface area contributed by atoms with Gasteiger partial charge in [0.2, 0.25) is 0 Å². The Kier molecular flexibility index (Phi) is 7.70. The Hall–Kier alpha value is -1.19. The number of ether oxygens (including phenoxy) is 2. The molecule has 14 heavy (non-hydrogen) atoms. The molecule has 82 valence electrons. The number of hydrogen-bond donors (Lipinski definition) is 1. The van der Waals surface area contributed by atoms with Crippen molar-refractivity contribution in [1.82, 2.24) is 5.32 Å². The lowest BCUT2D eigenvalue weighted by atomic mass is 10.3. The molecule has 0 aliphatic rings. The monoisotopic (exact) mass is 201 g/mol. The number of nitrogens with one attached hydrogen (secondary N) is 1. The van der Waals surface area contributed by atoms with E-state index in [2.05, 4.69) is 11.9 Å². The molecule has 1 unspecified atom stereocenters. The highest BCUT2D eigenvalue weighted by Gasteiger charge is 2.05. The van der Waals surface area contributed by atoms with E-state index in [9.17, 15) is 4.79 Å². The van der Waals surface area contributed by atoms with E-state index in [1.165, 1.54) is 6.26 Å². The molecule has 0 aromatic rings. The van der Waals surface area contributed by atoms with Crippen LogP contribution in [0.3, 0.4) is 0 Å². The molecule has 0 heterocycles. The van der Waals surface area contributed by atoms with Gasteiger partial charge in [0.25, 0.3) is 0 Å². The number of amides is 1. The van der Waals surface area contributed by atoms with Crippen LogP contribution >= 0.6 is 0 Å². The van der Waals surface area contributed by atoms with Gasteiger partial charge in [0, 0.05) is 6.54 Å². The quantitative estimate of drug-likeness (QED) is 0.506. The van der Waals surface area contributed by atoms with Crippen LogP contribution in [-0.4, -0.2) is 25.3 Å². The molecule has 1 atom stereocenters. The first kappa shape index (κ1) is 12.8. The first-order valence-electron chi connectivity index (χ1n) is 4.87. The number of carbonyl (C=O) groups excluding carboxylic acids is 1. The van der Waals surface area contributed by atoms with E-state index in [-0.39, 0.29) is 12.2 Å². The molecule has 0 spiro atoms. The maximum Gasteiger partial charge on any atom is 0.407 e. The first-order chi connectivity index (χ1) is 6.70. The van der Waals surface area contributed by atoms with Gasteiger partial charge in [-0.15, -0.1) is 0 Å². The summed E-state index contributed by atoms with van der Waals surface area (Å²) in [4.78, 5) is 11.1. The third kappa shape index (κ3) is 7.46. The fraction of sp³-hybridized carbons (Fsp3) is 0.700. The van der Waals surface area contributed by atoms with E-state index >= 15 is 0 Å². The molecule has 0 aliphatic heterocycles. The van der Waals surface area contributed by atoms with Crippen molar-refractivity contribution in [2.75, 3.05) is 13.2 Å². The van der Waals surface area contributed by atoms with Crippen molar-refractivity contribution in [3.05, 3.63) is 12.8 Å². The van der Waals surface area contributed by atoms with Gasteiger partial charge in [0.15, 0.2) is 0 Å². The second-order valence-electron chi connectivity index (χ2n) is 2.94. The Morgan fingerprint density at radius 3 is 2.93 bits per heavy atom. The summed E-state index contributed by atoms with van der Waals surface area (Å²) in [5.74, 6) is 0. The number of rotatable bonds is 7. The molecule has 0 saturated heterocycles. The topological polar surface area (TPSA) is 47.6 Å². The van der Waals surface area contributed by atoms with Gasteiger partial charge in [-0.1, -0.05) is 13.5 Å². The summed E-state index contributed by atoms with van der Waals surface area (Å²) in [5.41, 5.74) is 0. The van der Waals surface area contributed by atoms with Gasteiger partial charge in [-0.25, -0.2) is 4.79 Å². The minimum Gasteiger partial charge on any atom is -0.502 e. The minimum absolute atomic E-state index is 0.0283. The van der Waals surface area contributed by atoms with Gasteiger partial charge in [-0.05, 0) is 19.8 Å². The number of hydrogen-bond acceptors (Lipinski definition) is 3. The molecule has 0 aromatic heterocycles. The van der Waals surface area contributed by atoms with E-state index in [4.69, 9.17) is 9.47 Å². The van der Waals surface area contributed by atoms with E-state index in [1.807, 2.05) is 13.8 Å². The summed E-state index contributed by atoms with van der Waals surface area (Å²) in [6.07, 6.45) is 2.57. The Balaban J connectivity index is 3.31. The van der Waals surface area contributed by atoms with Crippen LogP contribution in [0, 0.1) is 0 Å². The third-order valence-corrected chi connectivity index (χ3v) is 1.71.